The van der Waals surface area contributed by atoms with Crippen LogP contribution < -0.4 is 15.0 Å². The van der Waals surface area contributed by atoms with Crippen molar-refractivity contribution >= 4 is 29.2 Å². The SMILES string of the molecule is CCOC(=O)C1=C(C)N(c2ccccc2)C(=O)CC1C(=O)Nc1ccc(Oc2ccccc2)cc1. The Morgan fingerprint density at radius 3 is 2.14 bits per heavy atom. The van der Waals surface area contributed by atoms with E-state index in [0.29, 0.717) is 28.6 Å². The molecular formula is C28H26N2O5. The van der Waals surface area contributed by atoms with Gasteiger partial charge >= 0.3 is 5.97 Å². The number of ether oxygens (including phenoxy) is 2. The number of nitrogens with zero attached hydrogens (tertiary/aromatic N) is 1. The maximum Gasteiger partial charge on any atom is 0.336 e. The van der Waals surface area contributed by atoms with Crippen LogP contribution in [-0.4, -0.2) is 24.4 Å². The summed E-state index contributed by atoms with van der Waals surface area (Å²) in [4.78, 5) is 40.6. The van der Waals surface area contributed by atoms with Crippen LogP contribution in [0.1, 0.15) is 20.3 Å². The topological polar surface area (TPSA) is 84.9 Å². The van der Waals surface area contributed by atoms with Gasteiger partial charge in [0.2, 0.25) is 11.8 Å². The second-order valence-electron chi connectivity index (χ2n) is 7.97. The molecule has 0 bridgehead atoms. The Morgan fingerprint density at radius 2 is 1.51 bits per heavy atom. The van der Waals surface area contributed by atoms with Crippen LogP contribution in [0.15, 0.2) is 96.2 Å². The molecule has 0 aromatic heterocycles. The summed E-state index contributed by atoms with van der Waals surface area (Å²) in [5.41, 5.74) is 1.72. The molecule has 3 aromatic rings. The first kappa shape index (κ1) is 23.8. The van der Waals surface area contributed by atoms with Gasteiger partial charge in [-0.15, -0.1) is 0 Å². The van der Waals surface area contributed by atoms with Gasteiger partial charge in [0, 0.05) is 23.5 Å². The van der Waals surface area contributed by atoms with Gasteiger partial charge in [0.1, 0.15) is 11.5 Å². The lowest BCUT2D eigenvalue weighted by Gasteiger charge is -2.33. The molecule has 0 saturated heterocycles. The van der Waals surface area contributed by atoms with E-state index in [0.717, 1.165) is 0 Å². The van der Waals surface area contributed by atoms with Crippen LogP contribution in [0.2, 0.25) is 0 Å². The van der Waals surface area contributed by atoms with Gasteiger partial charge in [0.15, 0.2) is 0 Å². The van der Waals surface area contributed by atoms with Gasteiger partial charge in [-0.1, -0.05) is 36.4 Å². The highest BCUT2D eigenvalue weighted by Gasteiger charge is 2.40. The summed E-state index contributed by atoms with van der Waals surface area (Å²) in [6.45, 7) is 3.52. The number of nitrogens with one attached hydrogen (secondary N) is 1. The predicted molar refractivity (Wildman–Crippen MR) is 133 cm³/mol. The molecule has 0 saturated carbocycles. The van der Waals surface area contributed by atoms with Crippen LogP contribution in [0.5, 0.6) is 11.5 Å². The summed E-state index contributed by atoms with van der Waals surface area (Å²) in [5.74, 6) is -0.984. The number of para-hydroxylation sites is 2. The van der Waals surface area contributed by atoms with E-state index in [1.54, 1.807) is 50.2 Å². The fourth-order valence-electron chi connectivity index (χ4n) is 4.03. The Kier molecular flexibility index (Phi) is 7.26. The van der Waals surface area contributed by atoms with E-state index in [4.69, 9.17) is 9.47 Å². The molecule has 1 N–H and O–H groups in total. The number of anilines is 2. The number of amides is 2. The van der Waals surface area contributed by atoms with E-state index in [2.05, 4.69) is 5.32 Å². The average Bonchev–Trinajstić information content (AvgIpc) is 2.86. The third-order valence-corrected chi connectivity index (χ3v) is 5.63. The van der Waals surface area contributed by atoms with Crippen molar-refractivity contribution in [3.05, 3.63) is 96.2 Å². The number of rotatable bonds is 7. The summed E-state index contributed by atoms with van der Waals surface area (Å²) >= 11 is 0. The van der Waals surface area contributed by atoms with Gasteiger partial charge in [0.25, 0.3) is 0 Å². The van der Waals surface area contributed by atoms with E-state index < -0.39 is 17.8 Å². The number of esters is 1. The molecule has 0 fully saturated rings. The summed E-state index contributed by atoms with van der Waals surface area (Å²) in [6, 6.07) is 25.3. The Balaban J connectivity index is 1.56. The second-order valence-corrected chi connectivity index (χ2v) is 7.97. The molecule has 7 nitrogen and oxygen atoms in total. The highest BCUT2D eigenvalue weighted by atomic mass is 16.5. The Bertz CT molecular complexity index is 1240. The molecule has 3 aromatic carbocycles. The van der Waals surface area contributed by atoms with Gasteiger partial charge in [-0.2, -0.15) is 0 Å². The van der Waals surface area contributed by atoms with Crippen molar-refractivity contribution in [2.24, 2.45) is 5.92 Å². The summed E-state index contributed by atoms with van der Waals surface area (Å²) in [6.07, 6.45) is -0.151. The quantitative estimate of drug-likeness (QED) is 0.473. The van der Waals surface area contributed by atoms with Crippen LogP contribution in [0, 0.1) is 5.92 Å². The van der Waals surface area contributed by atoms with Crippen LogP contribution >= 0.6 is 0 Å². The molecule has 1 aliphatic heterocycles. The maximum atomic E-state index is 13.2. The summed E-state index contributed by atoms with van der Waals surface area (Å²) in [7, 11) is 0. The molecule has 1 unspecified atom stereocenters. The average molecular weight is 471 g/mol. The highest BCUT2D eigenvalue weighted by molar-refractivity contribution is 6.10. The van der Waals surface area contributed by atoms with Gasteiger partial charge in [0.05, 0.1) is 18.1 Å². The molecule has 2 amide bonds. The minimum absolute atomic E-state index is 0.151. The van der Waals surface area contributed by atoms with Crippen LogP contribution in [0.3, 0.4) is 0 Å². The molecule has 1 atom stereocenters. The minimum atomic E-state index is -0.971. The van der Waals surface area contributed by atoms with Crippen molar-refractivity contribution in [2.75, 3.05) is 16.8 Å². The van der Waals surface area contributed by atoms with Crippen molar-refractivity contribution < 1.29 is 23.9 Å². The molecule has 1 heterocycles. The molecule has 1 aliphatic rings. The molecule has 0 spiro atoms. The van der Waals surface area contributed by atoms with Crippen LogP contribution in [0.4, 0.5) is 11.4 Å². The second kappa shape index (κ2) is 10.7. The van der Waals surface area contributed by atoms with Crippen molar-refractivity contribution in [2.45, 2.75) is 20.3 Å². The number of allylic oxidation sites excluding steroid dienone is 1. The van der Waals surface area contributed by atoms with E-state index in [9.17, 15) is 14.4 Å². The van der Waals surface area contributed by atoms with Gasteiger partial charge in [-0.25, -0.2) is 4.79 Å². The molecule has 0 radical (unpaired) electrons. The number of carbonyl (C=O) groups excluding carboxylic acids is 3. The van der Waals surface area contributed by atoms with E-state index >= 15 is 0 Å². The normalized spacial score (nSPS) is 15.5. The fourth-order valence-corrected chi connectivity index (χ4v) is 4.03. The lowest BCUT2D eigenvalue weighted by Crippen LogP contribution is -2.43. The number of carbonyl (C=O) groups is 3. The van der Waals surface area contributed by atoms with Crippen molar-refractivity contribution in [3.8, 4) is 11.5 Å². The molecule has 0 aliphatic carbocycles. The first-order valence-electron chi connectivity index (χ1n) is 11.4. The van der Waals surface area contributed by atoms with Crippen molar-refractivity contribution in [3.63, 3.8) is 0 Å². The predicted octanol–water partition coefficient (Wildman–Crippen LogP) is 5.31. The zero-order valence-corrected chi connectivity index (χ0v) is 19.6. The van der Waals surface area contributed by atoms with Gasteiger partial charge < -0.3 is 14.8 Å². The van der Waals surface area contributed by atoms with E-state index in [1.807, 2.05) is 48.5 Å². The molecule has 4 rings (SSSR count). The monoisotopic (exact) mass is 470 g/mol. The van der Waals surface area contributed by atoms with Crippen LogP contribution in [-0.2, 0) is 19.1 Å². The van der Waals surface area contributed by atoms with Crippen molar-refractivity contribution in [1.29, 1.82) is 0 Å². The molecule has 35 heavy (non-hydrogen) atoms. The summed E-state index contributed by atoms with van der Waals surface area (Å²) in [5, 5.41) is 2.82. The number of hydrogen-bond donors (Lipinski definition) is 1. The third kappa shape index (κ3) is 5.41. The Labute approximate surface area is 204 Å². The minimum Gasteiger partial charge on any atom is -0.463 e. The first-order valence-corrected chi connectivity index (χ1v) is 11.4. The van der Waals surface area contributed by atoms with Crippen LogP contribution in [0.25, 0.3) is 0 Å². The lowest BCUT2D eigenvalue weighted by atomic mass is 9.88. The zero-order valence-electron chi connectivity index (χ0n) is 19.6. The zero-order chi connectivity index (χ0) is 24.8. The first-order chi connectivity index (χ1) is 17.0. The summed E-state index contributed by atoms with van der Waals surface area (Å²) < 4.78 is 11.0. The van der Waals surface area contributed by atoms with Crippen molar-refractivity contribution in [1.82, 2.24) is 0 Å². The molecule has 178 valence electrons. The largest absolute Gasteiger partial charge is 0.463 e. The lowest BCUT2D eigenvalue weighted by molar-refractivity contribution is -0.141. The molecule has 7 heteroatoms. The standard InChI is InChI=1S/C28H26N2O5/c1-3-34-28(33)26-19(2)30(21-10-6-4-7-11-21)25(31)18-24(26)27(32)29-20-14-16-23(17-15-20)35-22-12-8-5-9-13-22/h4-17,24H,3,18H2,1-2H3,(H,29,32). The third-order valence-electron chi connectivity index (χ3n) is 5.63. The number of hydrogen-bond acceptors (Lipinski definition) is 5. The van der Waals surface area contributed by atoms with E-state index in [-0.39, 0.29) is 24.5 Å². The van der Waals surface area contributed by atoms with Gasteiger partial charge in [-0.3, -0.25) is 14.5 Å². The Morgan fingerprint density at radius 1 is 0.914 bits per heavy atom. The highest BCUT2D eigenvalue weighted by Crippen LogP contribution is 2.34. The fraction of sp³-hybridized carbons (Fsp3) is 0.179. The maximum absolute atomic E-state index is 13.2. The van der Waals surface area contributed by atoms with E-state index in [1.165, 1.54) is 4.90 Å². The number of benzene rings is 3. The Hall–Kier alpha value is -4.39. The molecular weight excluding hydrogens is 444 g/mol. The smallest absolute Gasteiger partial charge is 0.336 e. The van der Waals surface area contributed by atoms with Gasteiger partial charge in [-0.05, 0) is 62.4 Å².